The molecule has 7 heteroatoms. The molecule has 3 heterocycles. The summed E-state index contributed by atoms with van der Waals surface area (Å²) < 4.78 is 10.7. The number of anilines is 2. The highest BCUT2D eigenvalue weighted by molar-refractivity contribution is 5.40. The molecule has 0 unspecified atom stereocenters. The van der Waals surface area contributed by atoms with Crippen molar-refractivity contribution in [1.29, 1.82) is 0 Å². The van der Waals surface area contributed by atoms with Crippen molar-refractivity contribution in [3.05, 3.63) is 36.4 Å². The van der Waals surface area contributed by atoms with Crippen LogP contribution in [0.2, 0.25) is 0 Å². The molecule has 7 nitrogen and oxygen atoms in total. The molecular weight excluding hydrogens is 296 g/mol. The van der Waals surface area contributed by atoms with Gasteiger partial charge < -0.3 is 24.9 Å². The smallest absolute Gasteiger partial charge is 0.224 e. The Labute approximate surface area is 135 Å². The van der Waals surface area contributed by atoms with E-state index in [1.54, 1.807) is 25.3 Å². The van der Waals surface area contributed by atoms with E-state index in [4.69, 9.17) is 9.15 Å². The third kappa shape index (κ3) is 4.20. The van der Waals surface area contributed by atoms with Crippen molar-refractivity contribution in [2.24, 2.45) is 0 Å². The molecule has 0 aromatic carbocycles. The van der Waals surface area contributed by atoms with E-state index in [1.807, 2.05) is 6.07 Å². The van der Waals surface area contributed by atoms with Crippen molar-refractivity contribution < 1.29 is 14.3 Å². The molecule has 0 amide bonds. The highest BCUT2D eigenvalue weighted by Crippen LogP contribution is 2.21. The summed E-state index contributed by atoms with van der Waals surface area (Å²) in [6, 6.07) is 5.59. The Bertz CT molecular complexity index is 610. The van der Waals surface area contributed by atoms with E-state index < -0.39 is 5.60 Å². The maximum absolute atomic E-state index is 10.4. The topological polar surface area (TPSA) is 92.4 Å². The predicted molar refractivity (Wildman–Crippen MR) is 86.3 cm³/mol. The summed E-state index contributed by atoms with van der Waals surface area (Å²) in [5, 5.41) is 16.8. The zero-order chi connectivity index (χ0) is 16.1. The lowest BCUT2D eigenvalue weighted by Crippen LogP contribution is -2.31. The first-order chi connectivity index (χ1) is 11.1. The molecule has 1 saturated heterocycles. The first-order valence-corrected chi connectivity index (χ1v) is 7.81. The van der Waals surface area contributed by atoms with E-state index in [0.717, 1.165) is 25.3 Å². The van der Waals surface area contributed by atoms with Gasteiger partial charge in [-0.1, -0.05) is 0 Å². The highest BCUT2D eigenvalue weighted by atomic mass is 16.5. The van der Waals surface area contributed by atoms with Gasteiger partial charge in [0.1, 0.15) is 17.2 Å². The minimum absolute atomic E-state index is 0.247. The molecule has 0 radical (unpaired) electrons. The van der Waals surface area contributed by atoms with Gasteiger partial charge >= 0.3 is 0 Å². The molecule has 124 valence electrons. The van der Waals surface area contributed by atoms with Gasteiger partial charge in [0.15, 0.2) is 0 Å². The van der Waals surface area contributed by atoms with Gasteiger partial charge in [-0.05, 0) is 38.0 Å². The van der Waals surface area contributed by atoms with Crippen molar-refractivity contribution in [3.8, 4) is 0 Å². The minimum Gasteiger partial charge on any atom is -0.466 e. The van der Waals surface area contributed by atoms with Crippen LogP contribution in [0.5, 0.6) is 0 Å². The zero-order valence-electron chi connectivity index (χ0n) is 13.2. The fraction of sp³-hybridized carbons (Fsp3) is 0.500. The summed E-state index contributed by atoms with van der Waals surface area (Å²) >= 11 is 0. The first-order valence-electron chi connectivity index (χ1n) is 7.81. The van der Waals surface area contributed by atoms with Crippen LogP contribution in [0.1, 0.15) is 25.5 Å². The lowest BCUT2D eigenvalue weighted by atomic mass is 10.0. The number of aliphatic hydroxyl groups is 1. The van der Waals surface area contributed by atoms with E-state index in [0.29, 0.717) is 18.3 Å². The molecule has 0 spiro atoms. The van der Waals surface area contributed by atoms with Crippen LogP contribution in [0.3, 0.4) is 0 Å². The van der Waals surface area contributed by atoms with Gasteiger partial charge in [-0.25, -0.2) is 4.98 Å². The Morgan fingerprint density at radius 2 is 2.35 bits per heavy atom. The van der Waals surface area contributed by atoms with Crippen LogP contribution in [0.25, 0.3) is 0 Å². The van der Waals surface area contributed by atoms with Gasteiger partial charge in [-0.2, -0.15) is 4.98 Å². The van der Waals surface area contributed by atoms with E-state index in [-0.39, 0.29) is 12.6 Å². The summed E-state index contributed by atoms with van der Waals surface area (Å²) in [6.07, 6.45) is 5.35. The summed E-state index contributed by atoms with van der Waals surface area (Å²) in [5.74, 6) is 1.70. The van der Waals surface area contributed by atoms with Crippen LogP contribution in [0.15, 0.2) is 35.1 Å². The number of aromatic nitrogens is 2. The van der Waals surface area contributed by atoms with E-state index in [9.17, 15) is 5.11 Å². The lowest BCUT2D eigenvalue weighted by Gasteiger charge is -2.24. The number of nitrogens with zero attached hydrogens (tertiary/aromatic N) is 2. The summed E-state index contributed by atoms with van der Waals surface area (Å²) in [7, 11) is 0. The predicted octanol–water partition coefficient (Wildman–Crippen LogP) is 1.98. The minimum atomic E-state index is -1.13. The SMILES string of the molecule is C[C@](O)(CNc1nccc(N[C@H]2CCCOC2)n1)c1ccco1. The summed E-state index contributed by atoms with van der Waals surface area (Å²) in [4.78, 5) is 8.60. The summed E-state index contributed by atoms with van der Waals surface area (Å²) in [6.45, 7) is 3.45. The van der Waals surface area contributed by atoms with Crippen LogP contribution < -0.4 is 10.6 Å². The number of nitrogens with one attached hydrogen (secondary N) is 2. The Kier molecular flexibility index (Phi) is 4.78. The van der Waals surface area contributed by atoms with Gasteiger partial charge in [-0.15, -0.1) is 0 Å². The average Bonchev–Trinajstić information content (AvgIpc) is 3.10. The molecule has 1 aliphatic rings. The maximum Gasteiger partial charge on any atom is 0.224 e. The standard InChI is InChI=1S/C16H22N4O3/c1-16(21,13-5-3-9-23-13)11-18-15-17-7-6-14(20-15)19-12-4-2-8-22-10-12/h3,5-7,9,12,21H,2,4,8,10-11H2,1H3,(H2,17,18,19,20)/t12-,16-/m0/s1. The molecule has 1 aliphatic heterocycles. The van der Waals surface area contributed by atoms with Crippen molar-refractivity contribution in [1.82, 2.24) is 9.97 Å². The Hall–Kier alpha value is -2.12. The molecule has 3 N–H and O–H groups in total. The quantitative estimate of drug-likeness (QED) is 0.750. The monoisotopic (exact) mass is 318 g/mol. The molecule has 0 saturated carbocycles. The molecule has 3 rings (SSSR count). The van der Waals surface area contributed by atoms with Gasteiger partial charge in [0.2, 0.25) is 5.95 Å². The second-order valence-electron chi connectivity index (χ2n) is 5.93. The number of rotatable bonds is 6. The number of hydrogen-bond donors (Lipinski definition) is 3. The zero-order valence-corrected chi connectivity index (χ0v) is 13.2. The fourth-order valence-electron chi connectivity index (χ4n) is 2.51. The number of furan rings is 1. The molecule has 2 atom stereocenters. The van der Waals surface area contributed by atoms with Crippen molar-refractivity contribution >= 4 is 11.8 Å². The molecule has 23 heavy (non-hydrogen) atoms. The van der Waals surface area contributed by atoms with Crippen molar-refractivity contribution in [2.75, 3.05) is 30.4 Å². The number of ether oxygens (including phenoxy) is 1. The Morgan fingerprint density at radius 3 is 3.09 bits per heavy atom. The largest absolute Gasteiger partial charge is 0.466 e. The van der Waals surface area contributed by atoms with Crippen molar-refractivity contribution in [3.63, 3.8) is 0 Å². The third-order valence-electron chi connectivity index (χ3n) is 3.81. The lowest BCUT2D eigenvalue weighted by molar-refractivity contribution is 0.0475. The van der Waals surface area contributed by atoms with Gasteiger partial charge in [0.25, 0.3) is 0 Å². The number of hydrogen-bond acceptors (Lipinski definition) is 7. The second-order valence-corrected chi connectivity index (χ2v) is 5.93. The van der Waals surface area contributed by atoms with Crippen molar-refractivity contribution in [2.45, 2.75) is 31.4 Å². The normalized spacial score (nSPS) is 20.7. The molecule has 2 aromatic heterocycles. The maximum atomic E-state index is 10.4. The molecule has 2 aromatic rings. The molecule has 0 bridgehead atoms. The second kappa shape index (κ2) is 6.97. The fourth-order valence-corrected chi connectivity index (χ4v) is 2.51. The van der Waals surface area contributed by atoms with Crippen LogP contribution in [-0.2, 0) is 10.3 Å². The molecular formula is C16H22N4O3. The Balaban J connectivity index is 1.59. The van der Waals surface area contributed by atoms with E-state index in [2.05, 4.69) is 20.6 Å². The molecule has 0 aliphatic carbocycles. The van der Waals surface area contributed by atoms with E-state index >= 15 is 0 Å². The van der Waals surface area contributed by atoms with Gasteiger partial charge in [-0.3, -0.25) is 0 Å². The average molecular weight is 318 g/mol. The van der Waals surface area contributed by atoms with Gasteiger partial charge in [0.05, 0.1) is 25.5 Å². The molecule has 1 fully saturated rings. The summed E-state index contributed by atoms with van der Waals surface area (Å²) in [5.41, 5.74) is -1.13. The van der Waals surface area contributed by atoms with Crippen LogP contribution in [0.4, 0.5) is 11.8 Å². The Morgan fingerprint density at radius 1 is 1.43 bits per heavy atom. The first kappa shape index (κ1) is 15.8. The third-order valence-corrected chi connectivity index (χ3v) is 3.81. The van der Waals surface area contributed by atoms with E-state index in [1.165, 1.54) is 6.26 Å². The van der Waals surface area contributed by atoms with Crippen LogP contribution >= 0.6 is 0 Å². The van der Waals surface area contributed by atoms with Crippen LogP contribution in [-0.4, -0.2) is 40.9 Å². The van der Waals surface area contributed by atoms with Gasteiger partial charge in [0, 0.05) is 12.8 Å². The highest BCUT2D eigenvalue weighted by Gasteiger charge is 2.26. The van der Waals surface area contributed by atoms with Crippen LogP contribution in [0, 0.1) is 0 Å².